The number of nitriles is 1. The fourth-order valence-corrected chi connectivity index (χ4v) is 3.59. The monoisotopic (exact) mass is 479 g/mol. The van der Waals surface area contributed by atoms with Gasteiger partial charge in [0.2, 0.25) is 5.91 Å². The predicted molar refractivity (Wildman–Crippen MR) is 130 cm³/mol. The molecule has 0 saturated heterocycles. The summed E-state index contributed by atoms with van der Waals surface area (Å²) in [6.07, 6.45) is 1.67. The number of anilines is 2. The van der Waals surface area contributed by atoms with Gasteiger partial charge in [-0.25, -0.2) is 9.37 Å². The van der Waals surface area contributed by atoms with Gasteiger partial charge in [-0.1, -0.05) is 48.0 Å². The lowest BCUT2D eigenvalue weighted by atomic mass is 9.96. The zero-order valence-electron chi connectivity index (χ0n) is 18.7. The van der Waals surface area contributed by atoms with Gasteiger partial charge in [0.15, 0.2) is 5.82 Å². The summed E-state index contributed by atoms with van der Waals surface area (Å²) in [4.78, 5) is 28.6. The van der Waals surface area contributed by atoms with Gasteiger partial charge in [-0.2, -0.15) is 5.26 Å². The molecule has 7 nitrogen and oxygen atoms in total. The highest BCUT2D eigenvalue weighted by Gasteiger charge is 2.18. The second-order valence-corrected chi connectivity index (χ2v) is 7.86. The van der Waals surface area contributed by atoms with E-state index in [1.807, 2.05) is 37.3 Å². The fourth-order valence-electron chi connectivity index (χ4n) is 3.40. The normalized spacial score (nSPS) is 11.3. The molecule has 1 unspecified atom stereocenters. The number of pyridine rings is 1. The molecule has 0 aliphatic heterocycles. The molecule has 0 bridgehead atoms. The lowest BCUT2D eigenvalue weighted by molar-refractivity contribution is -0.116. The van der Waals surface area contributed by atoms with Gasteiger partial charge < -0.3 is 16.0 Å². The van der Waals surface area contributed by atoms with Gasteiger partial charge in [-0.3, -0.25) is 9.59 Å². The standard InChI is InChI=1S/C25H23ClFN5O2/c1-15(31-24-23(19(26)12-14-30-24)32-21(33)7-4-13-28)16-8-10-17(11-9-16)18-5-3-6-20(27)22(18)25(34)29-2/h3,5-6,8-12,14-15H,4,7H2,1-2H3,(H,29,34)(H,30,31)(H,32,33). The van der Waals surface area contributed by atoms with Crippen molar-refractivity contribution in [3.63, 3.8) is 0 Å². The quantitative estimate of drug-likeness (QED) is 0.405. The summed E-state index contributed by atoms with van der Waals surface area (Å²) in [6.45, 7) is 1.91. The van der Waals surface area contributed by atoms with Crippen LogP contribution in [0.15, 0.2) is 54.7 Å². The number of nitrogens with one attached hydrogen (secondary N) is 3. The molecule has 3 aromatic rings. The molecule has 3 rings (SSSR count). The van der Waals surface area contributed by atoms with Gasteiger partial charge in [0.05, 0.1) is 22.7 Å². The lowest BCUT2D eigenvalue weighted by Gasteiger charge is -2.19. The number of nitrogens with zero attached hydrogens (tertiary/aromatic N) is 2. The van der Waals surface area contributed by atoms with Gasteiger partial charge in [0.25, 0.3) is 5.91 Å². The van der Waals surface area contributed by atoms with Crippen LogP contribution in [0.25, 0.3) is 11.1 Å². The third kappa shape index (κ3) is 5.69. The van der Waals surface area contributed by atoms with E-state index in [9.17, 15) is 14.0 Å². The average molecular weight is 480 g/mol. The first-order chi connectivity index (χ1) is 16.3. The Hall–Kier alpha value is -3.96. The van der Waals surface area contributed by atoms with Gasteiger partial charge in [-0.15, -0.1) is 0 Å². The molecule has 2 amide bonds. The molecule has 34 heavy (non-hydrogen) atoms. The second-order valence-electron chi connectivity index (χ2n) is 7.45. The van der Waals surface area contributed by atoms with Crippen molar-refractivity contribution in [2.75, 3.05) is 17.7 Å². The smallest absolute Gasteiger partial charge is 0.254 e. The van der Waals surface area contributed by atoms with Crippen molar-refractivity contribution in [3.8, 4) is 17.2 Å². The summed E-state index contributed by atoms with van der Waals surface area (Å²) in [5.74, 6) is -1.03. The maximum Gasteiger partial charge on any atom is 0.254 e. The van der Waals surface area contributed by atoms with Crippen LogP contribution in [0.5, 0.6) is 0 Å². The summed E-state index contributed by atoms with van der Waals surface area (Å²) in [7, 11) is 1.46. The largest absolute Gasteiger partial charge is 0.362 e. The van der Waals surface area contributed by atoms with Crippen molar-refractivity contribution in [2.45, 2.75) is 25.8 Å². The van der Waals surface area contributed by atoms with Crippen LogP contribution in [0, 0.1) is 17.1 Å². The molecule has 3 N–H and O–H groups in total. The zero-order chi connectivity index (χ0) is 24.7. The van der Waals surface area contributed by atoms with Gasteiger partial charge in [-0.05, 0) is 35.7 Å². The summed E-state index contributed by atoms with van der Waals surface area (Å²) in [5.41, 5.74) is 2.41. The second kappa shape index (κ2) is 11.3. The van der Waals surface area contributed by atoms with Crippen molar-refractivity contribution in [1.82, 2.24) is 10.3 Å². The Labute approximate surface area is 202 Å². The van der Waals surface area contributed by atoms with E-state index >= 15 is 0 Å². The highest BCUT2D eigenvalue weighted by atomic mass is 35.5. The van der Waals surface area contributed by atoms with Crippen LogP contribution in [0.4, 0.5) is 15.9 Å². The van der Waals surface area contributed by atoms with E-state index in [1.54, 1.807) is 18.2 Å². The predicted octanol–water partition coefficient (Wildman–Crippen LogP) is 5.32. The summed E-state index contributed by atoms with van der Waals surface area (Å²) in [6, 6.07) is 15.1. The van der Waals surface area contributed by atoms with Crippen LogP contribution >= 0.6 is 11.6 Å². The Balaban J connectivity index is 1.82. The molecule has 0 aliphatic carbocycles. The van der Waals surface area contributed by atoms with Gasteiger partial charge in [0, 0.05) is 26.1 Å². The van der Waals surface area contributed by atoms with Crippen molar-refractivity contribution >= 4 is 34.9 Å². The SMILES string of the molecule is CNC(=O)c1c(F)cccc1-c1ccc(C(C)Nc2nccc(Cl)c2NC(=O)CCC#N)cc1. The Bertz CT molecular complexity index is 1240. The minimum absolute atomic E-state index is 0.0103. The molecule has 174 valence electrons. The van der Waals surface area contributed by atoms with Crippen molar-refractivity contribution in [2.24, 2.45) is 0 Å². The first kappa shape index (κ1) is 24.7. The number of carbonyl (C=O) groups is 2. The molecule has 9 heteroatoms. The Morgan fingerprint density at radius 3 is 2.59 bits per heavy atom. The lowest BCUT2D eigenvalue weighted by Crippen LogP contribution is -2.20. The van der Waals surface area contributed by atoms with Crippen LogP contribution in [0.3, 0.4) is 0 Å². The van der Waals surface area contributed by atoms with Crippen molar-refractivity contribution in [1.29, 1.82) is 5.26 Å². The molecular weight excluding hydrogens is 457 g/mol. The molecule has 1 aromatic heterocycles. The first-order valence-corrected chi connectivity index (χ1v) is 10.9. The van der Waals surface area contributed by atoms with Gasteiger partial charge in [0.1, 0.15) is 11.5 Å². The van der Waals surface area contributed by atoms with Crippen LogP contribution in [-0.4, -0.2) is 23.8 Å². The first-order valence-electron chi connectivity index (χ1n) is 10.5. The van der Waals surface area contributed by atoms with E-state index < -0.39 is 11.7 Å². The molecule has 1 atom stereocenters. The Kier molecular flexibility index (Phi) is 8.17. The van der Waals surface area contributed by atoms with Crippen LogP contribution in [0.1, 0.15) is 41.7 Å². The Morgan fingerprint density at radius 2 is 1.91 bits per heavy atom. The third-order valence-corrected chi connectivity index (χ3v) is 5.49. The summed E-state index contributed by atoms with van der Waals surface area (Å²) < 4.78 is 14.3. The minimum Gasteiger partial charge on any atom is -0.362 e. The molecule has 2 aromatic carbocycles. The van der Waals surface area contributed by atoms with E-state index in [0.717, 1.165) is 5.56 Å². The fraction of sp³-hybridized carbons (Fsp3) is 0.200. The van der Waals surface area contributed by atoms with Crippen molar-refractivity contribution < 1.29 is 14.0 Å². The Morgan fingerprint density at radius 1 is 1.18 bits per heavy atom. The van der Waals surface area contributed by atoms with Gasteiger partial charge >= 0.3 is 0 Å². The van der Waals surface area contributed by atoms with E-state index in [2.05, 4.69) is 20.9 Å². The topological polar surface area (TPSA) is 107 Å². The number of aromatic nitrogens is 1. The van der Waals surface area contributed by atoms with E-state index in [-0.39, 0.29) is 30.4 Å². The molecule has 0 spiro atoms. The van der Waals surface area contributed by atoms with E-state index in [1.165, 1.54) is 19.3 Å². The van der Waals surface area contributed by atoms with Crippen molar-refractivity contribution in [3.05, 3.63) is 76.7 Å². The van der Waals surface area contributed by atoms with Crippen LogP contribution < -0.4 is 16.0 Å². The number of halogens is 2. The number of benzene rings is 2. The maximum atomic E-state index is 14.3. The van der Waals surface area contributed by atoms with E-state index in [0.29, 0.717) is 27.7 Å². The zero-order valence-corrected chi connectivity index (χ0v) is 19.4. The van der Waals surface area contributed by atoms with E-state index in [4.69, 9.17) is 16.9 Å². The number of carbonyl (C=O) groups excluding carboxylic acids is 2. The average Bonchev–Trinajstić information content (AvgIpc) is 2.84. The molecule has 0 radical (unpaired) electrons. The minimum atomic E-state index is -0.590. The number of hydrogen-bond donors (Lipinski definition) is 3. The molecule has 0 aliphatic rings. The van der Waals surface area contributed by atoms with Crippen LogP contribution in [-0.2, 0) is 4.79 Å². The highest BCUT2D eigenvalue weighted by molar-refractivity contribution is 6.34. The molecular formula is C25H23ClFN5O2. The third-order valence-electron chi connectivity index (χ3n) is 5.17. The summed E-state index contributed by atoms with van der Waals surface area (Å²) >= 11 is 6.27. The van der Waals surface area contributed by atoms with Crippen LogP contribution in [0.2, 0.25) is 5.02 Å². The summed E-state index contributed by atoms with van der Waals surface area (Å²) in [5, 5.41) is 17.4. The number of amides is 2. The number of rotatable bonds is 8. The molecule has 1 heterocycles. The maximum absolute atomic E-state index is 14.3. The molecule has 0 fully saturated rings. The molecule has 0 saturated carbocycles. The number of hydrogen-bond acceptors (Lipinski definition) is 5. The highest BCUT2D eigenvalue weighted by Crippen LogP contribution is 2.32.